The van der Waals surface area contributed by atoms with Gasteiger partial charge in [-0.3, -0.25) is 4.79 Å². The first-order valence-electron chi connectivity index (χ1n) is 19.9. The summed E-state index contributed by atoms with van der Waals surface area (Å²) in [7, 11) is 0. The van der Waals surface area contributed by atoms with Crippen LogP contribution < -0.4 is 0 Å². The predicted octanol–water partition coefficient (Wildman–Crippen LogP) is 15.3. The Morgan fingerprint density at radius 2 is 1.16 bits per heavy atom. The SMILES string of the molecule is C=C.CC/C=C(\c1ccc(C)cc1)C1C=CC=C(c2cc(-c3ccccc3)cc(-c3cccc(C(=O)c4ccc(C)cc4)c3)n2)C=C1.CCCC.CCCC. The number of unbranched alkanes of at least 4 members (excludes halogenated alkanes) is 2. The van der Waals surface area contributed by atoms with Crippen molar-refractivity contribution in [2.75, 3.05) is 0 Å². The highest BCUT2D eigenvalue weighted by Gasteiger charge is 2.16. The molecule has 0 aliphatic heterocycles. The number of pyridine rings is 1. The van der Waals surface area contributed by atoms with Gasteiger partial charge in [0.1, 0.15) is 0 Å². The molecule has 0 amide bonds. The molecule has 1 atom stereocenters. The molecule has 1 aromatic heterocycles. The molecule has 2 heteroatoms. The van der Waals surface area contributed by atoms with Crippen molar-refractivity contribution in [3.63, 3.8) is 0 Å². The summed E-state index contributed by atoms with van der Waals surface area (Å²) in [6.07, 6.45) is 19.6. The van der Waals surface area contributed by atoms with E-state index in [-0.39, 0.29) is 11.7 Å². The van der Waals surface area contributed by atoms with Gasteiger partial charge in [0.15, 0.2) is 5.78 Å². The molecule has 1 aliphatic carbocycles. The first-order chi connectivity index (χ1) is 26.8. The molecule has 1 heterocycles. The number of ketones is 1. The van der Waals surface area contributed by atoms with Crippen LogP contribution in [0.15, 0.2) is 165 Å². The molecular weight excluding hydrogens is 667 g/mol. The number of aromatic nitrogens is 1. The van der Waals surface area contributed by atoms with E-state index in [0.717, 1.165) is 45.6 Å². The molecule has 0 bridgehead atoms. The maximum Gasteiger partial charge on any atom is 0.193 e. The van der Waals surface area contributed by atoms with Crippen LogP contribution in [0.4, 0.5) is 0 Å². The number of benzene rings is 4. The molecule has 0 saturated carbocycles. The van der Waals surface area contributed by atoms with Crippen LogP contribution >= 0.6 is 0 Å². The lowest BCUT2D eigenvalue weighted by Gasteiger charge is -2.14. The van der Waals surface area contributed by atoms with Gasteiger partial charge in [0, 0.05) is 22.6 Å². The van der Waals surface area contributed by atoms with Gasteiger partial charge in [0.2, 0.25) is 0 Å². The van der Waals surface area contributed by atoms with Crippen LogP contribution in [-0.2, 0) is 0 Å². The molecule has 4 aromatic carbocycles. The Bertz CT molecular complexity index is 2020. The van der Waals surface area contributed by atoms with E-state index >= 15 is 0 Å². The predicted molar refractivity (Wildman–Crippen MR) is 241 cm³/mol. The summed E-state index contributed by atoms with van der Waals surface area (Å²) in [5.74, 6) is 0.161. The monoisotopic (exact) mass is 727 g/mol. The molecule has 0 spiro atoms. The van der Waals surface area contributed by atoms with Crippen LogP contribution in [0.5, 0.6) is 0 Å². The van der Waals surface area contributed by atoms with E-state index in [1.54, 1.807) is 0 Å². The number of nitrogens with zero attached hydrogens (tertiary/aromatic N) is 1. The summed E-state index contributed by atoms with van der Waals surface area (Å²) in [4.78, 5) is 18.6. The first kappa shape index (κ1) is 43.8. The normalized spacial score (nSPS) is 13.1. The van der Waals surface area contributed by atoms with Gasteiger partial charge in [-0.05, 0) is 66.3 Å². The van der Waals surface area contributed by atoms with Gasteiger partial charge in [0.05, 0.1) is 11.4 Å². The topological polar surface area (TPSA) is 30.0 Å². The van der Waals surface area contributed by atoms with Crippen LogP contribution in [0.1, 0.15) is 105 Å². The van der Waals surface area contributed by atoms with Crippen LogP contribution in [0, 0.1) is 19.8 Å². The van der Waals surface area contributed by atoms with Gasteiger partial charge in [-0.25, -0.2) is 4.98 Å². The summed E-state index contributed by atoms with van der Waals surface area (Å²) in [5, 5.41) is 0. The smallest absolute Gasteiger partial charge is 0.193 e. The Hall–Kier alpha value is -5.60. The molecule has 0 N–H and O–H groups in total. The van der Waals surface area contributed by atoms with Crippen LogP contribution in [0.25, 0.3) is 33.5 Å². The van der Waals surface area contributed by atoms with Gasteiger partial charge in [-0.15, -0.1) is 13.2 Å². The van der Waals surface area contributed by atoms with Crippen molar-refractivity contribution in [3.8, 4) is 22.4 Å². The maximum absolute atomic E-state index is 13.4. The van der Waals surface area contributed by atoms with E-state index in [4.69, 9.17) is 4.98 Å². The number of aryl methyl sites for hydroxylation is 2. The second-order valence-corrected chi connectivity index (χ2v) is 13.6. The molecule has 5 aromatic rings. The number of allylic oxidation sites excluding steroid dienone is 8. The largest absolute Gasteiger partial charge is 0.289 e. The standard InChI is InChI=1S/C43H37NO.2C4H10.C2H4/c1-4-10-40(34-21-17-30(2)18-22-34)33-13-8-14-35(26-25-33)41-28-39(32-11-6-5-7-12-32)29-42(44-41)37-15-9-16-38(27-37)43(45)36-23-19-31(3)20-24-36;2*1-3-4-2;1-2/h5-29,33H,4H2,1-3H3;2*3-4H2,1-2H3;1-2H2/b40-10-;;;. The molecule has 0 fully saturated rings. The van der Waals surface area contributed by atoms with Crippen LogP contribution in [0.3, 0.4) is 0 Å². The lowest BCUT2D eigenvalue weighted by atomic mass is 9.90. The summed E-state index contributed by atoms with van der Waals surface area (Å²) < 4.78 is 0. The van der Waals surface area contributed by atoms with E-state index in [2.05, 4.69) is 152 Å². The van der Waals surface area contributed by atoms with E-state index in [1.807, 2.05) is 61.5 Å². The van der Waals surface area contributed by atoms with E-state index in [9.17, 15) is 4.79 Å². The fourth-order valence-corrected chi connectivity index (χ4v) is 5.71. The fourth-order valence-electron chi connectivity index (χ4n) is 5.71. The van der Waals surface area contributed by atoms with Crippen LogP contribution in [0.2, 0.25) is 0 Å². The molecule has 1 aliphatic rings. The second-order valence-electron chi connectivity index (χ2n) is 13.6. The van der Waals surface area contributed by atoms with Gasteiger partial charge in [-0.2, -0.15) is 0 Å². The summed E-state index contributed by atoms with van der Waals surface area (Å²) in [5.41, 5.74) is 12.1. The zero-order valence-corrected chi connectivity index (χ0v) is 34.3. The third-order valence-electron chi connectivity index (χ3n) is 9.21. The maximum atomic E-state index is 13.4. The Balaban J connectivity index is 0.000000732. The summed E-state index contributed by atoms with van der Waals surface area (Å²) >= 11 is 0. The Morgan fingerprint density at radius 3 is 1.75 bits per heavy atom. The van der Waals surface area contributed by atoms with Crippen molar-refractivity contribution in [1.29, 1.82) is 0 Å². The lowest BCUT2D eigenvalue weighted by molar-refractivity contribution is 0.103. The minimum absolute atomic E-state index is 0.00592. The van der Waals surface area contributed by atoms with E-state index in [0.29, 0.717) is 11.1 Å². The third-order valence-corrected chi connectivity index (χ3v) is 9.21. The summed E-state index contributed by atoms with van der Waals surface area (Å²) in [6, 6.07) is 39.0. The van der Waals surface area contributed by atoms with Crippen molar-refractivity contribution in [1.82, 2.24) is 4.98 Å². The molecule has 55 heavy (non-hydrogen) atoms. The Labute approximate surface area is 332 Å². The minimum Gasteiger partial charge on any atom is -0.289 e. The minimum atomic E-state index is 0.00592. The van der Waals surface area contributed by atoms with Crippen LogP contribution in [-0.4, -0.2) is 10.8 Å². The van der Waals surface area contributed by atoms with Crippen molar-refractivity contribution in [3.05, 3.63) is 198 Å². The van der Waals surface area contributed by atoms with Crippen molar-refractivity contribution < 1.29 is 4.79 Å². The van der Waals surface area contributed by atoms with Gasteiger partial charge in [0.25, 0.3) is 0 Å². The number of hydrogen-bond acceptors (Lipinski definition) is 2. The quantitative estimate of drug-likeness (QED) is 0.106. The molecule has 284 valence electrons. The number of rotatable bonds is 10. The molecule has 0 radical (unpaired) electrons. The number of hydrogen-bond donors (Lipinski definition) is 0. The number of carbonyl (C=O) groups excluding carboxylic acids is 1. The summed E-state index contributed by atoms with van der Waals surface area (Å²) in [6.45, 7) is 21.1. The second kappa shape index (κ2) is 23.9. The molecule has 0 saturated heterocycles. The van der Waals surface area contributed by atoms with Gasteiger partial charge >= 0.3 is 0 Å². The van der Waals surface area contributed by atoms with E-state index in [1.165, 1.54) is 42.4 Å². The van der Waals surface area contributed by atoms with Crippen molar-refractivity contribution >= 4 is 16.9 Å². The average Bonchev–Trinajstić information content (AvgIpc) is 3.51. The van der Waals surface area contributed by atoms with Gasteiger partial charge < -0.3 is 0 Å². The Kier molecular flexibility index (Phi) is 19.1. The van der Waals surface area contributed by atoms with Gasteiger partial charge in [-0.1, -0.05) is 205 Å². The highest BCUT2D eigenvalue weighted by molar-refractivity contribution is 6.09. The molecular formula is C53H61NO. The molecule has 2 nitrogen and oxygen atoms in total. The van der Waals surface area contributed by atoms with Crippen molar-refractivity contribution in [2.45, 2.75) is 80.6 Å². The third kappa shape index (κ3) is 13.3. The molecule has 6 rings (SSSR count). The number of carbonyl (C=O) groups is 1. The highest BCUT2D eigenvalue weighted by atomic mass is 16.1. The lowest BCUT2D eigenvalue weighted by Crippen LogP contribution is -2.02. The molecule has 1 unspecified atom stereocenters. The Morgan fingerprint density at radius 1 is 0.600 bits per heavy atom. The average molecular weight is 728 g/mol. The zero-order valence-electron chi connectivity index (χ0n) is 34.3. The first-order valence-corrected chi connectivity index (χ1v) is 19.9. The fraction of sp³-hybridized carbons (Fsp3) is 0.245. The van der Waals surface area contributed by atoms with E-state index < -0.39 is 0 Å². The highest BCUT2D eigenvalue weighted by Crippen LogP contribution is 2.33. The zero-order chi connectivity index (χ0) is 40.0. The van der Waals surface area contributed by atoms with Crippen molar-refractivity contribution in [2.24, 2.45) is 5.92 Å².